The Morgan fingerprint density at radius 2 is 1.74 bits per heavy atom. The zero-order valence-corrected chi connectivity index (χ0v) is 11.4. The quantitative estimate of drug-likeness (QED) is 0.585. The summed E-state index contributed by atoms with van der Waals surface area (Å²) < 4.78 is 15.6. The zero-order chi connectivity index (χ0) is 14.4. The maximum absolute atomic E-state index is 10.8. The molecule has 0 aliphatic carbocycles. The number of ether oxygens (including phenoxy) is 3. The molecule has 19 heavy (non-hydrogen) atoms. The second-order valence-electron chi connectivity index (χ2n) is 3.71. The molecule has 1 aromatic rings. The number of rotatable bonds is 6. The molecule has 0 heterocycles. The predicted octanol–water partition coefficient (Wildman–Crippen LogP) is 2.74. The van der Waals surface area contributed by atoms with Crippen LogP contribution in [0.5, 0.6) is 17.2 Å². The lowest BCUT2D eigenvalue weighted by Gasteiger charge is -2.12. The fourth-order valence-corrected chi connectivity index (χ4v) is 1.66. The monoisotopic (exact) mass is 267 g/mol. The summed E-state index contributed by atoms with van der Waals surface area (Å²) in [7, 11) is 4.50. The van der Waals surface area contributed by atoms with Crippen molar-refractivity contribution in [1.29, 1.82) is 0 Å². The van der Waals surface area contributed by atoms with Gasteiger partial charge in [-0.1, -0.05) is 6.92 Å². The maximum atomic E-state index is 10.8. The predicted molar refractivity (Wildman–Crippen MR) is 71.4 cm³/mol. The van der Waals surface area contributed by atoms with Crippen molar-refractivity contribution in [3.8, 4) is 17.2 Å². The van der Waals surface area contributed by atoms with E-state index in [9.17, 15) is 10.1 Å². The molecule has 0 aliphatic heterocycles. The van der Waals surface area contributed by atoms with Gasteiger partial charge in [0.05, 0.1) is 26.3 Å². The Balaban J connectivity index is 3.34. The second kappa shape index (κ2) is 6.63. The molecule has 0 aliphatic rings. The fourth-order valence-electron chi connectivity index (χ4n) is 1.66. The molecule has 0 bridgehead atoms. The van der Waals surface area contributed by atoms with E-state index in [0.29, 0.717) is 29.2 Å². The molecule has 1 rings (SSSR count). The second-order valence-corrected chi connectivity index (χ2v) is 3.71. The van der Waals surface area contributed by atoms with Crippen molar-refractivity contribution in [3.05, 3.63) is 33.5 Å². The van der Waals surface area contributed by atoms with Gasteiger partial charge in [0.25, 0.3) is 0 Å². The molecular weight excluding hydrogens is 250 g/mol. The first-order valence-electron chi connectivity index (χ1n) is 5.72. The fraction of sp³-hybridized carbons (Fsp3) is 0.385. The molecule has 0 radical (unpaired) electrons. The molecule has 6 heteroatoms. The first-order valence-corrected chi connectivity index (χ1v) is 5.72. The van der Waals surface area contributed by atoms with Crippen molar-refractivity contribution in [3.63, 3.8) is 0 Å². The Hall–Kier alpha value is -2.24. The van der Waals surface area contributed by atoms with Gasteiger partial charge in [0.1, 0.15) is 0 Å². The van der Waals surface area contributed by atoms with Gasteiger partial charge in [-0.3, -0.25) is 10.1 Å². The number of hydrogen-bond donors (Lipinski definition) is 0. The van der Waals surface area contributed by atoms with E-state index >= 15 is 0 Å². The third-order valence-electron chi connectivity index (χ3n) is 2.62. The number of methoxy groups -OCH3 is 3. The Morgan fingerprint density at radius 1 is 1.21 bits per heavy atom. The van der Waals surface area contributed by atoms with E-state index in [2.05, 4.69) is 0 Å². The molecule has 1 aromatic carbocycles. The molecule has 0 fully saturated rings. The Morgan fingerprint density at radius 3 is 2.05 bits per heavy atom. The third-order valence-corrected chi connectivity index (χ3v) is 2.62. The normalized spacial score (nSPS) is 11.1. The lowest BCUT2D eigenvalue weighted by Crippen LogP contribution is -1.98. The van der Waals surface area contributed by atoms with E-state index in [1.165, 1.54) is 27.4 Å². The van der Waals surface area contributed by atoms with Gasteiger partial charge in [-0.05, 0) is 17.7 Å². The van der Waals surface area contributed by atoms with Gasteiger partial charge in [-0.15, -0.1) is 0 Å². The first kappa shape index (κ1) is 14.8. The highest BCUT2D eigenvalue weighted by Crippen LogP contribution is 2.38. The summed E-state index contributed by atoms with van der Waals surface area (Å²) in [6.45, 7) is 1.73. The Labute approximate surface area is 111 Å². The summed E-state index contributed by atoms with van der Waals surface area (Å²) in [5, 5.41) is 10.8. The SMILES string of the molecule is CC/C(=C\c1cc(OC)c(OC)c(OC)c1)[N+](=O)[O-]. The van der Waals surface area contributed by atoms with Crippen molar-refractivity contribution in [2.24, 2.45) is 0 Å². The Kier molecular flexibility index (Phi) is 5.17. The molecule has 0 N–H and O–H groups in total. The van der Waals surface area contributed by atoms with Gasteiger partial charge in [0.2, 0.25) is 11.4 Å². The molecule has 0 amide bonds. The van der Waals surface area contributed by atoms with E-state index in [1.54, 1.807) is 19.1 Å². The summed E-state index contributed by atoms with van der Waals surface area (Å²) in [5.41, 5.74) is 0.748. The highest BCUT2D eigenvalue weighted by atomic mass is 16.6. The van der Waals surface area contributed by atoms with E-state index in [1.807, 2.05) is 0 Å². The van der Waals surface area contributed by atoms with E-state index < -0.39 is 4.92 Å². The van der Waals surface area contributed by atoms with Crippen LogP contribution in [0.25, 0.3) is 6.08 Å². The van der Waals surface area contributed by atoms with Crippen LogP contribution in [0.15, 0.2) is 17.8 Å². The molecule has 0 aromatic heterocycles. The number of benzene rings is 1. The van der Waals surface area contributed by atoms with Crippen LogP contribution in [0, 0.1) is 10.1 Å². The van der Waals surface area contributed by atoms with E-state index in [4.69, 9.17) is 14.2 Å². The third kappa shape index (κ3) is 3.37. The summed E-state index contributed by atoms with van der Waals surface area (Å²) in [6.07, 6.45) is 1.83. The van der Waals surface area contributed by atoms with Crippen LogP contribution < -0.4 is 14.2 Å². The van der Waals surface area contributed by atoms with Crippen LogP contribution in [0.2, 0.25) is 0 Å². The van der Waals surface area contributed by atoms with Gasteiger partial charge in [-0.25, -0.2) is 0 Å². The van der Waals surface area contributed by atoms with Gasteiger partial charge >= 0.3 is 0 Å². The topological polar surface area (TPSA) is 70.8 Å². The van der Waals surface area contributed by atoms with Crippen molar-refractivity contribution >= 4 is 6.08 Å². The molecule has 0 atom stereocenters. The zero-order valence-electron chi connectivity index (χ0n) is 11.4. The van der Waals surface area contributed by atoms with Crippen molar-refractivity contribution in [1.82, 2.24) is 0 Å². The average molecular weight is 267 g/mol. The van der Waals surface area contributed by atoms with E-state index in [-0.39, 0.29) is 5.70 Å². The minimum atomic E-state index is -0.400. The summed E-state index contributed by atoms with van der Waals surface area (Å²) in [4.78, 5) is 10.4. The van der Waals surface area contributed by atoms with Crippen LogP contribution >= 0.6 is 0 Å². The van der Waals surface area contributed by atoms with Gasteiger partial charge in [0, 0.05) is 12.5 Å². The highest BCUT2D eigenvalue weighted by Gasteiger charge is 2.14. The van der Waals surface area contributed by atoms with Crippen LogP contribution in [-0.4, -0.2) is 26.3 Å². The van der Waals surface area contributed by atoms with Crippen LogP contribution in [0.1, 0.15) is 18.9 Å². The lowest BCUT2D eigenvalue weighted by atomic mass is 10.1. The molecular formula is C13H17NO5. The number of hydrogen-bond acceptors (Lipinski definition) is 5. The lowest BCUT2D eigenvalue weighted by molar-refractivity contribution is -0.425. The van der Waals surface area contributed by atoms with Crippen LogP contribution in [0.3, 0.4) is 0 Å². The van der Waals surface area contributed by atoms with Crippen molar-refractivity contribution in [2.75, 3.05) is 21.3 Å². The summed E-state index contributed by atoms with van der Waals surface area (Å²) in [5.74, 6) is 1.39. The molecule has 104 valence electrons. The van der Waals surface area contributed by atoms with Gasteiger partial charge < -0.3 is 14.2 Å². The smallest absolute Gasteiger partial charge is 0.246 e. The Bertz CT molecular complexity index is 471. The van der Waals surface area contributed by atoms with Crippen molar-refractivity contribution < 1.29 is 19.1 Å². The number of nitro groups is 1. The standard InChI is InChI=1S/C13H17NO5/c1-5-10(14(15)16)6-9-7-11(17-2)13(19-4)12(8-9)18-3/h6-8H,5H2,1-4H3/b10-6+. The number of allylic oxidation sites excluding steroid dienone is 1. The van der Waals surface area contributed by atoms with Crippen LogP contribution in [-0.2, 0) is 0 Å². The summed E-state index contributed by atoms with van der Waals surface area (Å²) >= 11 is 0. The molecule has 0 saturated carbocycles. The highest BCUT2D eigenvalue weighted by molar-refractivity contribution is 5.62. The van der Waals surface area contributed by atoms with Gasteiger partial charge in [0.15, 0.2) is 11.5 Å². The minimum Gasteiger partial charge on any atom is -0.493 e. The average Bonchev–Trinajstić information content (AvgIpc) is 2.42. The maximum Gasteiger partial charge on any atom is 0.246 e. The van der Waals surface area contributed by atoms with E-state index in [0.717, 1.165) is 0 Å². The van der Waals surface area contributed by atoms with Crippen molar-refractivity contribution in [2.45, 2.75) is 13.3 Å². The summed E-state index contributed by atoms with van der Waals surface area (Å²) in [6, 6.07) is 3.33. The van der Waals surface area contributed by atoms with Crippen LogP contribution in [0.4, 0.5) is 0 Å². The largest absolute Gasteiger partial charge is 0.493 e. The molecule has 0 unspecified atom stereocenters. The number of nitrogens with zero attached hydrogens (tertiary/aromatic N) is 1. The molecule has 6 nitrogen and oxygen atoms in total. The minimum absolute atomic E-state index is 0.120. The molecule has 0 spiro atoms. The first-order chi connectivity index (χ1) is 9.07. The van der Waals surface area contributed by atoms with Gasteiger partial charge in [-0.2, -0.15) is 0 Å². The molecule has 0 saturated heterocycles.